The molecule has 25 heteroatoms. The van der Waals surface area contributed by atoms with Gasteiger partial charge in [0.2, 0.25) is 0 Å². The van der Waals surface area contributed by atoms with Crippen LogP contribution in [0.25, 0.3) is 0 Å². The fourth-order valence-electron chi connectivity index (χ4n) is 9.49. The first-order valence-corrected chi connectivity index (χ1v) is 48.9. The Balaban J connectivity index is -0.0000000926. The Morgan fingerprint density at radius 3 is 0.881 bits per heavy atom. The zero-order chi connectivity index (χ0) is 92.7. The molecule has 0 spiro atoms. The molecule has 118 heavy (non-hydrogen) atoms. The Kier molecular flexibility index (Phi) is 186. The average molecular weight is 1710 g/mol. The van der Waals surface area contributed by atoms with Crippen LogP contribution in [-0.4, -0.2) is 288 Å². The van der Waals surface area contributed by atoms with E-state index in [2.05, 4.69) is 172 Å². The Morgan fingerprint density at radius 1 is 0.305 bits per heavy atom. The van der Waals surface area contributed by atoms with E-state index in [1.807, 2.05) is 13.8 Å². The van der Waals surface area contributed by atoms with E-state index in [1.54, 1.807) is 6.92 Å². The maximum Gasteiger partial charge on any atom is 0.160 e. The van der Waals surface area contributed by atoms with Crippen molar-refractivity contribution in [2.45, 2.75) is 385 Å². The molecule has 6 atom stereocenters. The number of nitrogens with zero attached hydrogens (tertiary/aromatic N) is 3. The molecule has 25 nitrogen and oxygen atoms in total. The lowest BCUT2D eigenvalue weighted by Gasteiger charge is -2.38. The minimum atomic E-state index is -1.13. The Hall–Kier alpha value is -1.00. The first-order chi connectivity index (χ1) is 56.8. The number of aliphatic hydroxyl groups excluding tert-OH is 6. The molecular formula is C93H230N18O7. The summed E-state index contributed by atoms with van der Waals surface area (Å²) in [6.45, 7) is 58.5. The van der Waals surface area contributed by atoms with E-state index in [-0.39, 0.29) is 6.10 Å². The molecule has 1 fully saturated rings. The van der Waals surface area contributed by atoms with Crippen molar-refractivity contribution in [1.82, 2.24) is 46.6 Å². The van der Waals surface area contributed by atoms with Gasteiger partial charge in [0.05, 0.1) is 18.8 Å². The molecule has 0 aromatic heterocycles. The van der Waals surface area contributed by atoms with Crippen molar-refractivity contribution in [3.05, 3.63) is 0 Å². The smallest absolute Gasteiger partial charge is 0.160 e. The molecule has 0 bridgehead atoms. The maximum absolute atomic E-state index is 9.32. The minimum Gasteiger partial charge on any atom is -0.396 e. The van der Waals surface area contributed by atoms with Gasteiger partial charge < -0.3 is 134 Å². The van der Waals surface area contributed by atoms with Crippen LogP contribution in [0.3, 0.4) is 0 Å². The van der Waals surface area contributed by atoms with Crippen LogP contribution in [-0.2, 0) is 4.74 Å². The minimum absolute atomic E-state index is 0.287. The Bertz CT molecular complexity index is 1380. The molecule has 1 saturated heterocycles. The number of hydrogen-bond acceptors (Lipinski definition) is 25. The number of nitrogens with one attached hydrogen (secondary N) is 6. The molecule has 0 aromatic carbocycles. The third-order valence-electron chi connectivity index (χ3n) is 17.4. The van der Waals surface area contributed by atoms with Gasteiger partial charge in [-0.1, -0.05) is 246 Å². The molecule has 0 saturated carbocycles. The van der Waals surface area contributed by atoms with E-state index in [9.17, 15) is 10.2 Å². The lowest BCUT2D eigenvalue weighted by atomic mass is 9.93. The zero-order valence-corrected chi connectivity index (χ0v) is 83.6. The largest absolute Gasteiger partial charge is 0.396 e. The van der Waals surface area contributed by atoms with Crippen LogP contribution >= 0.6 is 0 Å². The third-order valence-corrected chi connectivity index (χ3v) is 17.4. The maximum atomic E-state index is 9.32. The number of hydrogen-bond donors (Lipinski definition) is 21. The molecule has 1 aliphatic rings. The predicted molar refractivity (Wildman–Crippen MR) is 530 cm³/mol. The summed E-state index contributed by atoms with van der Waals surface area (Å²) < 4.78 is 4.83. The molecule has 1 heterocycles. The van der Waals surface area contributed by atoms with Crippen molar-refractivity contribution < 1.29 is 35.4 Å². The highest BCUT2D eigenvalue weighted by Gasteiger charge is 2.41. The highest BCUT2D eigenvalue weighted by atomic mass is 16.6. The summed E-state index contributed by atoms with van der Waals surface area (Å²) in [4.78, 5) is 6.63. The van der Waals surface area contributed by atoms with Crippen LogP contribution in [0.1, 0.15) is 355 Å². The number of unbranched alkanes of at least 4 members (excludes halogenated alkanes) is 22. The highest BCUT2D eigenvalue weighted by molar-refractivity contribution is 4.86. The van der Waals surface area contributed by atoms with Gasteiger partial charge in [0.1, 0.15) is 12.2 Å². The van der Waals surface area contributed by atoms with E-state index in [0.29, 0.717) is 19.1 Å². The topological polar surface area (TPSA) is 447 Å². The summed E-state index contributed by atoms with van der Waals surface area (Å²) >= 11 is 0. The third kappa shape index (κ3) is 185. The van der Waals surface area contributed by atoms with Crippen molar-refractivity contribution in [1.29, 1.82) is 0 Å². The number of ether oxygens (including phenoxy) is 1. The Labute approximate surface area is 739 Å². The molecular weight excluding hydrogens is 1480 g/mol. The second-order valence-electron chi connectivity index (χ2n) is 31.5. The lowest BCUT2D eigenvalue weighted by molar-refractivity contribution is -0.266. The average Bonchev–Trinajstić information content (AvgIpc) is 0.831. The molecule has 0 radical (unpaired) electrons. The second kappa shape index (κ2) is 150. The number of likely N-dealkylation sites (N-methyl/N-ethyl adjacent to an activating group) is 1. The quantitative estimate of drug-likeness (QED) is 0.0251. The van der Waals surface area contributed by atoms with Crippen molar-refractivity contribution in [3.63, 3.8) is 0 Å². The molecule has 0 aromatic rings. The summed E-state index contributed by atoms with van der Waals surface area (Å²) in [6, 6.07) is 0. The van der Waals surface area contributed by atoms with Gasteiger partial charge in [-0.15, -0.1) is 0 Å². The molecule has 0 aliphatic carbocycles. The van der Waals surface area contributed by atoms with Gasteiger partial charge in [0, 0.05) is 58.3 Å². The normalized spacial score (nSPS) is 14.3. The van der Waals surface area contributed by atoms with Crippen molar-refractivity contribution in [2.75, 3.05) is 212 Å². The standard InChI is InChI=1S/2C10H25N3.C10H24N2.C10H23N.C8H19N.C7H14O5.C6H16N2.C6H15N.C5H14N2.C5H13N.C5H12.C4H11NO.C4H11N.C3H8O/c1-2-7-12-8-4-3-5-9-13-10-6-11;1-2-3-7-12-9-5-10-13-8-4-6-11;1-2-3-9-12-10-7-5-4-6-8-11;1-2-3-4-5-6-7-8-9-10-11;1-2-3-4-5-6-7-8-9;1-3-5(9)6(10)4(2-8)12-7(3)11;1-3-5-8(2)6-4-7;1-4-5-6-7(2)3;1-2-4-7-5-3-6;1-4-5-6(2)3;1-3-5-4-2;1-2-4(6)3-5;1-4(2)3-5;1-2-3-4/h2*12-13H,2-11H2,1H3;12H,2-11H2,1H3;2-11H2,1H3;2-9H2,1H3;3-11H,2H2,1H3;3-7H2,1-2H3;4-6H2,1-3H3;7H,2-6H2,1H3;4-5H2,1-3H3;3-5H2,1-2H3;4,6H,2-3,5H2,1H3;4H,3,5H2,1-2H3;4H,2-3H2,1H3. The van der Waals surface area contributed by atoms with E-state index < -0.39 is 37.1 Å². The fraction of sp³-hybridized carbons (Fsp3) is 1.00. The van der Waals surface area contributed by atoms with Crippen LogP contribution in [0.15, 0.2) is 0 Å². The van der Waals surface area contributed by atoms with Crippen LogP contribution in [0.2, 0.25) is 0 Å². The number of aliphatic hydroxyl groups is 6. The molecule has 30 N–H and O–H groups in total. The second-order valence-corrected chi connectivity index (χ2v) is 31.5. The van der Waals surface area contributed by atoms with E-state index in [4.69, 9.17) is 76.8 Å². The lowest BCUT2D eigenvalue weighted by Crippen LogP contribution is -2.54. The van der Waals surface area contributed by atoms with Gasteiger partial charge in [-0.25, -0.2) is 0 Å². The number of rotatable bonds is 63. The van der Waals surface area contributed by atoms with Gasteiger partial charge in [0.25, 0.3) is 0 Å². The van der Waals surface area contributed by atoms with E-state index in [0.717, 1.165) is 137 Å². The number of nitrogens with two attached hydrogens (primary N) is 9. The first-order valence-electron chi connectivity index (χ1n) is 48.9. The predicted octanol–water partition coefficient (Wildman–Crippen LogP) is 12.2. The van der Waals surface area contributed by atoms with Crippen molar-refractivity contribution >= 4 is 0 Å². The van der Waals surface area contributed by atoms with Gasteiger partial charge in [-0.3, -0.25) is 0 Å². The highest BCUT2D eigenvalue weighted by Crippen LogP contribution is 2.24. The van der Waals surface area contributed by atoms with E-state index >= 15 is 0 Å². The Morgan fingerprint density at radius 2 is 0.619 bits per heavy atom. The van der Waals surface area contributed by atoms with Gasteiger partial charge in [-0.2, -0.15) is 0 Å². The fourth-order valence-corrected chi connectivity index (χ4v) is 9.49. The van der Waals surface area contributed by atoms with E-state index in [1.165, 1.54) is 264 Å². The monoisotopic (exact) mass is 1710 g/mol. The van der Waals surface area contributed by atoms with Crippen molar-refractivity contribution in [2.24, 2.45) is 63.4 Å². The first kappa shape index (κ1) is 146. The van der Waals surface area contributed by atoms with Crippen LogP contribution in [0, 0.1) is 11.8 Å². The molecule has 1 aliphatic heterocycles. The summed E-state index contributed by atoms with van der Waals surface area (Å²) in [5.41, 5.74) is 47.6. The van der Waals surface area contributed by atoms with Crippen LogP contribution < -0.4 is 83.5 Å². The summed E-state index contributed by atoms with van der Waals surface area (Å²) in [6.07, 6.45) is 44.3. The van der Waals surface area contributed by atoms with Gasteiger partial charge in [-0.05, 0) is 268 Å². The van der Waals surface area contributed by atoms with Crippen molar-refractivity contribution in [3.8, 4) is 0 Å². The molecule has 0 amide bonds. The summed E-state index contributed by atoms with van der Waals surface area (Å²) in [5.74, 6) is 0.123. The molecule has 1 rings (SSSR count). The molecule has 6 unspecified atom stereocenters. The SMILES string of the molecule is CC(C)CN.CC1C(O)OC(CO)C(O)C1O.CCC(O)CN.CCCCC.CCCCCCCCCCN.CCCCCCCCN.CCCCN(C)C.CCCCNCCCCCCN.CCCCNCCCNCCCN.CCCN(C)C.CCCN(C)CCN.CCCNCCCCCNCCN.CCCNCCN.CCCO. The molecule has 734 valence electrons. The van der Waals surface area contributed by atoms with Gasteiger partial charge in [0.15, 0.2) is 6.29 Å². The van der Waals surface area contributed by atoms with Gasteiger partial charge >= 0.3 is 0 Å². The summed E-state index contributed by atoms with van der Waals surface area (Å²) in [7, 11) is 10.5. The van der Waals surface area contributed by atoms with Crippen LogP contribution in [0.4, 0.5) is 0 Å². The summed E-state index contributed by atoms with van der Waals surface area (Å²) in [5, 5.41) is 72.9. The van der Waals surface area contributed by atoms with Crippen LogP contribution in [0.5, 0.6) is 0 Å². The zero-order valence-electron chi connectivity index (χ0n) is 83.6.